The van der Waals surface area contributed by atoms with Gasteiger partial charge in [0, 0.05) is 84.8 Å². The molecule has 3 aromatic heterocycles. The molecule has 0 unspecified atom stereocenters. The van der Waals surface area contributed by atoms with Crippen LogP contribution in [0, 0.1) is 13.8 Å². The number of alkyl halides is 1. The van der Waals surface area contributed by atoms with Gasteiger partial charge in [-0.15, -0.1) is 0 Å². The average molecular weight is 1360 g/mol. The average Bonchev–Trinajstić information content (AvgIpc) is 2.71. The number of hydrogen-bond acceptors (Lipinski definition) is 8. The van der Waals surface area contributed by atoms with E-state index in [4.69, 9.17) is 0 Å². The Balaban J connectivity index is 1.21. The van der Waals surface area contributed by atoms with Crippen molar-refractivity contribution < 1.29 is 51.9 Å². The van der Waals surface area contributed by atoms with E-state index in [0.29, 0.717) is 23.9 Å². The first-order chi connectivity index (χ1) is 41.4. The van der Waals surface area contributed by atoms with Gasteiger partial charge in [0.2, 0.25) is 0 Å². The van der Waals surface area contributed by atoms with Crippen molar-refractivity contribution in [1.29, 1.82) is 0 Å². The normalized spacial score (nSPS) is 15.8. The van der Waals surface area contributed by atoms with Gasteiger partial charge >= 0.3 is 0 Å². The summed E-state index contributed by atoms with van der Waals surface area (Å²) in [6, 6.07) is 42.1. The number of allylic oxidation sites excluding steroid dienone is 11. The van der Waals surface area contributed by atoms with Crippen LogP contribution in [0.15, 0.2) is 174 Å². The molecular formula is C67H70IN3O12S4. The third kappa shape index (κ3) is 14.2. The third-order valence-electron chi connectivity index (χ3n) is 16.8. The van der Waals surface area contributed by atoms with Crippen LogP contribution < -0.4 is 0 Å². The maximum absolute atomic E-state index is 12.2. The van der Waals surface area contributed by atoms with Crippen molar-refractivity contribution in [2.45, 2.75) is 91.8 Å². The predicted octanol–water partition coefficient (Wildman–Crippen LogP) is 14.6. The number of benzene rings is 5. The largest absolute Gasteiger partial charge is 0.344 e. The molecule has 0 atom stereocenters. The van der Waals surface area contributed by atoms with E-state index in [1.54, 1.807) is 0 Å². The number of hydrogen-bond donors (Lipinski definition) is 4. The molecule has 20 heteroatoms. The SMILES string of the molecule is CC1=C(CCCS(=O)(=O)O)c2ccccc2/C1=C(/C=C/C1=C(CI)C(=C/C=C(\c2c(C)n(CCCS(=O)(=O)O)c3ccccc23)c2c(-c3ccccc3)n(CCCS(=O)(=O)O)c3ccccc23)/CCC1)c1c(C)n(CCCS(=O)(=O)O)c2ccccc12. The Kier molecular flexibility index (Phi) is 19.2. The smallest absolute Gasteiger partial charge is 0.264 e. The molecule has 456 valence electrons. The van der Waals surface area contributed by atoms with Crippen molar-refractivity contribution in [3.63, 3.8) is 0 Å². The van der Waals surface area contributed by atoms with Crippen LogP contribution in [0.3, 0.4) is 0 Å². The summed E-state index contributed by atoms with van der Waals surface area (Å²) in [5.41, 5.74) is 19.1. The van der Waals surface area contributed by atoms with Gasteiger partial charge in [0.05, 0.1) is 28.7 Å². The zero-order valence-corrected chi connectivity index (χ0v) is 54.1. The second-order valence-electron chi connectivity index (χ2n) is 22.4. The van der Waals surface area contributed by atoms with Crippen LogP contribution >= 0.6 is 22.6 Å². The second kappa shape index (κ2) is 26.3. The highest BCUT2D eigenvalue weighted by Crippen LogP contribution is 2.50. The van der Waals surface area contributed by atoms with Crippen LogP contribution in [0.5, 0.6) is 0 Å². The van der Waals surface area contributed by atoms with Crippen LogP contribution in [-0.2, 0) is 60.1 Å². The lowest BCUT2D eigenvalue weighted by Crippen LogP contribution is -2.09. The Morgan fingerprint density at radius 2 is 0.977 bits per heavy atom. The molecule has 87 heavy (non-hydrogen) atoms. The van der Waals surface area contributed by atoms with Gasteiger partial charge in [-0.3, -0.25) is 18.2 Å². The van der Waals surface area contributed by atoms with Gasteiger partial charge < -0.3 is 13.7 Å². The molecule has 0 spiro atoms. The zero-order valence-electron chi connectivity index (χ0n) is 48.7. The maximum atomic E-state index is 12.2. The molecule has 10 rings (SSSR count). The van der Waals surface area contributed by atoms with E-state index in [2.05, 4.69) is 91.8 Å². The van der Waals surface area contributed by atoms with Gasteiger partial charge in [-0.25, -0.2) is 0 Å². The summed E-state index contributed by atoms with van der Waals surface area (Å²) < 4.78 is 143. The number of aromatic nitrogens is 3. The van der Waals surface area contributed by atoms with Gasteiger partial charge in [-0.05, 0) is 152 Å². The molecule has 2 aliphatic carbocycles. The van der Waals surface area contributed by atoms with E-state index in [9.17, 15) is 51.9 Å². The molecule has 0 saturated heterocycles. The molecule has 0 saturated carbocycles. The van der Waals surface area contributed by atoms with Crippen molar-refractivity contribution in [2.75, 3.05) is 27.4 Å². The first-order valence-electron chi connectivity index (χ1n) is 29.0. The highest BCUT2D eigenvalue weighted by molar-refractivity contribution is 14.1. The first-order valence-corrected chi connectivity index (χ1v) is 36.9. The number of halogens is 1. The van der Waals surface area contributed by atoms with Crippen LogP contribution in [0.1, 0.15) is 97.5 Å². The fourth-order valence-electron chi connectivity index (χ4n) is 13.1. The Morgan fingerprint density at radius 3 is 1.53 bits per heavy atom. The fourth-order valence-corrected chi connectivity index (χ4v) is 16.1. The number of aryl methyl sites for hydroxylation is 3. The standard InChI is InChI=1S/C67H70IN3O12S4/c1-45-51(29-16-40-84(72,73)74)52-24-7-8-25-53(52)63(45)57(64-46(2)69(37-17-41-85(75,76)77)60-30-12-9-26-54(60)64)35-33-48-22-15-23-49(59(48)44-68)34-36-58(65-47(3)70(38-18-42-86(78,79)80)61-31-13-10-27-55(61)65)66-56-28-11-14-32-62(56)71(39-19-43-87(81,82)83)67(66)50-20-5-4-6-21-50/h4-14,20-21,24-28,30-36H,15-19,22-23,29,37-44H2,1-3H3,(H,72,73,74)(H,75,76,77)(H,78,79,80)(H,81,82,83)/b35-33+,49-34+,58-36+,63-57-. The van der Waals surface area contributed by atoms with E-state index >= 15 is 0 Å². The molecule has 8 aromatic rings. The minimum absolute atomic E-state index is 0.143. The maximum Gasteiger partial charge on any atom is 0.264 e. The zero-order chi connectivity index (χ0) is 62.0. The molecule has 0 amide bonds. The molecule has 3 heterocycles. The fraction of sp³-hybridized carbons (Fsp3) is 0.284. The summed E-state index contributed by atoms with van der Waals surface area (Å²) in [6.07, 6.45) is 12.3. The van der Waals surface area contributed by atoms with E-state index in [1.165, 1.54) is 0 Å². The van der Waals surface area contributed by atoms with Crippen LogP contribution in [0.4, 0.5) is 0 Å². The molecule has 0 fully saturated rings. The van der Waals surface area contributed by atoms with E-state index in [-0.39, 0.29) is 38.0 Å². The van der Waals surface area contributed by atoms with Crippen molar-refractivity contribution in [1.82, 2.24) is 13.7 Å². The number of nitrogens with zero attached hydrogens (tertiary/aromatic N) is 3. The van der Waals surface area contributed by atoms with Gasteiger partial charge in [0.1, 0.15) is 0 Å². The second-order valence-corrected chi connectivity index (χ2v) is 29.4. The quantitative estimate of drug-likeness (QED) is 0.0251. The number of para-hydroxylation sites is 3. The molecule has 0 aliphatic heterocycles. The summed E-state index contributed by atoms with van der Waals surface area (Å²) in [6.45, 7) is 7.03. The predicted molar refractivity (Wildman–Crippen MR) is 359 cm³/mol. The summed E-state index contributed by atoms with van der Waals surface area (Å²) in [5.74, 6) is -1.62. The van der Waals surface area contributed by atoms with Gasteiger partial charge in [-0.1, -0.05) is 156 Å². The Hall–Kier alpha value is -6.47. The van der Waals surface area contributed by atoms with Crippen molar-refractivity contribution in [3.05, 3.63) is 213 Å². The first kappa shape index (κ1) is 63.5. The monoisotopic (exact) mass is 1360 g/mol. The highest BCUT2D eigenvalue weighted by Gasteiger charge is 2.31. The van der Waals surface area contributed by atoms with Crippen molar-refractivity contribution >= 4 is 118 Å². The summed E-state index contributed by atoms with van der Waals surface area (Å²) in [7, 11) is -16.9. The van der Waals surface area contributed by atoms with E-state index in [1.807, 2.05) is 117 Å². The van der Waals surface area contributed by atoms with Gasteiger partial charge in [0.15, 0.2) is 0 Å². The minimum Gasteiger partial charge on any atom is -0.344 e. The van der Waals surface area contributed by atoms with Crippen LogP contribution in [0.2, 0.25) is 0 Å². The molecule has 5 aromatic carbocycles. The van der Waals surface area contributed by atoms with E-state index < -0.39 is 57.7 Å². The number of fused-ring (bicyclic) bond motifs is 4. The van der Waals surface area contributed by atoms with Crippen LogP contribution in [0.25, 0.3) is 66.3 Å². The number of rotatable bonds is 24. The Labute approximate surface area is 523 Å². The topological polar surface area (TPSA) is 232 Å². The lowest BCUT2D eigenvalue weighted by molar-refractivity contribution is 0.476. The summed E-state index contributed by atoms with van der Waals surface area (Å²) in [4.78, 5) is 0. The van der Waals surface area contributed by atoms with Crippen molar-refractivity contribution in [2.24, 2.45) is 0 Å². The minimum atomic E-state index is -4.28. The van der Waals surface area contributed by atoms with Crippen molar-refractivity contribution in [3.8, 4) is 11.3 Å². The molecular weight excluding hydrogens is 1290 g/mol. The van der Waals surface area contributed by atoms with Gasteiger partial charge in [0.25, 0.3) is 40.5 Å². The third-order valence-corrected chi connectivity index (χ3v) is 20.8. The lowest BCUT2D eigenvalue weighted by Gasteiger charge is -2.21. The Bertz CT molecular complexity index is 4680. The molecule has 4 N–H and O–H groups in total. The van der Waals surface area contributed by atoms with Crippen LogP contribution in [-0.4, -0.2) is 93.0 Å². The highest BCUT2D eigenvalue weighted by atomic mass is 127. The molecule has 0 bridgehead atoms. The molecule has 0 radical (unpaired) electrons. The lowest BCUT2D eigenvalue weighted by atomic mass is 9.85. The van der Waals surface area contributed by atoms with E-state index in [0.717, 1.165) is 147 Å². The summed E-state index contributed by atoms with van der Waals surface area (Å²) >= 11 is 2.45. The van der Waals surface area contributed by atoms with Gasteiger partial charge in [-0.2, -0.15) is 33.7 Å². The molecule has 15 nitrogen and oxygen atoms in total. The molecule has 2 aliphatic rings. The Morgan fingerprint density at radius 1 is 0.517 bits per heavy atom. The summed E-state index contributed by atoms with van der Waals surface area (Å²) in [5, 5.41) is 2.80.